The molecular formula is C9H18O4S. The summed E-state index contributed by atoms with van der Waals surface area (Å²) in [7, 11) is -3.13. The first-order valence-electron chi connectivity index (χ1n) is 4.62. The summed E-state index contributed by atoms with van der Waals surface area (Å²) in [5.41, 5.74) is 0. The molecule has 0 aromatic heterocycles. The third-order valence-electron chi connectivity index (χ3n) is 1.88. The topological polar surface area (TPSA) is 60.4 Å². The number of hydrogen-bond acceptors (Lipinski definition) is 4. The van der Waals surface area contributed by atoms with Gasteiger partial charge in [0.25, 0.3) is 0 Å². The summed E-state index contributed by atoms with van der Waals surface area (Å²) < 4.78 is 26.9. The molecule has 1 unspecified atom stereocenters. The molecule has 14 heavy (non-hydrogen) atoms. The van der Waals surface area contributed by atoms with Crippen LogP contribution in [0.5, 0.6) is 0 Å². The van der Waals surface area contributed by atoms with Crippen LogP contribution in [0.15, 0.2) is 0 Å². The summed E-state index contributed by atoms with van der Waals surface area (Å²) >= 11 is 0. The second-order valence-corrected chi connectivity index (χ2v) is 5.88. The van der Waals surface area contributed by atoms with Gasteiger partial charge in [0, 0.05) is 6.26 Å². The van der Waals surface area contributed by atoms with E-state index >= 15 is 0 Å². The molecule has 0 heterocycles. The molecule has 0 spiro atoms. The fourth-order valence-corrected chi connectivity index (χ4v) is 2.28. The van der Waals surface area contributed by atoms with E-state index in [0.29, 0.717) is 0 Å². The zero-order chi connectivity index (χ0) is 11.4. The van der Waals surface area contributed by atoms with Gasteiger partial charge >= 0.3 is 5.97 Å². The monoisotopic (exact) mass is 222 g/mol. The smallest absolute Gasteiger partial charge is 0.310 e. The van der Waals surface area contributed by atoms with E-state index in [1.807, 2.05) is 13.8 Å². The van der Waals surface area contributed by atoms with Crippen molar-refractivity contribution in [2.24, 2.45) is 11.8 Å². The van der Waals surface area contributed by atoms with E-state index in [4.69, 9.17) is 4.74 Å². The van der Waals surface area contributed by atoms with Crippen molar-refractivity contribution in [1.29, 1.82) is 0 Å². The highest BCUT2D eigenvalue weighted by Crippen LogP contribution is 2.15. The van der Waals surface area contributed by atoms with Crippen molar-refractivity contribution in [3.8, 4) is 0 Å². The second-order valence-electron chi connectivity index (χ2n) is 3.69. The molecule has 1 atom stereocenters. The summed E-state index contributed by atoms with van der Waals surface area (Å²) in [6.07, 6.45) is 1.13. The van der Waals surface area contributed by atoms with Gasteiger partial charge in [0.1, 0.15) is 9.84 Å². The van der Waals surface area contributed by atoms with Crippen LogP contribution in [0.2, 0.25) is 0 Å². The Morgan fingerprint density at radius 2 is 1.86 bits per heavy atom. The van der Waals surface area contributed by atoms with Crippen molar-refractivity contribution in [3.63, 3.8) is 0 Å². The van der Waals surface area contributed by atoms with Crippen molar-refractivity contribution in [1.82, 2.24) is 0 Å². The highest BCUT2D eigenvalue weighted by Gasteiger charge is 2.27. The quantitative estimate of drug-likeness (QED) is 0.647. The summed E-state index contributed by atoms with van der Waals surface area (Å²) in [6.45, 7) is 5.61. The van der Waals surface area contributed by atoms with Gasteiger partial charge in [-0.1, -0.05) is 13.8 Å². The zero-order valence-corrected chi connectivity index (χ0v) is 9.93. The molecule has 0 aromatic carbocycles. The van der Waals surface area contributed by atoms with Gasteiger partial charge in [0.2, 0.25) is 0 Å². The molecule has 0 saturated carbocycles. The van der Waals surface area contributed by atoms with Gasteiger partial charge in [-0.05, 0) is 12.8 Å². The van der Waals surface area contributed by atoms with E-state index in [-0.39, 0.29) is 18.3 Å². The molecule has 0 bridgehead atoms. The Hall–Kier alpha value is -0.580. The van der Waals surface area contributed by atoms with Crippen LogP contribution in [0.3, 0.4) is 0 Å². The van der Waals surface area contributed by atoms with E-state index in [9.17, 15) is 13.2 Å². The first-order valence-corrected chi connectivity index (χ1v) is 6.68. The molecular weight excluding hydrogens is 204 g/mol. The van der Waals surface area contributed by atoms with Gasteiger partial charge in [-0.25, -0.2) is 8.42 Å². The van der Waals surface area contributed by atoms with Crippen LogP contribution in [-0.2, 0) is 19.4 Å². The summed E-state index contributed by atoms with van der Waals surface area (Å²) in [5.74, 6) is -1.13. The normalized spacial score (nSPS) is 14.1. The minimum atomic E-state index is -3.13. The van der Waals surface area contributed by atoms with Gasteiger partial charge in [0.15, 0.2) is 0 Å². The third-order valence-corrected chi connectivity index (χ3v) is 2.84. The molecule has 4 nitrogen and oxygen atoms in total. The van der Waals surface area contributed by atoms with Crippen molar-refractivity contribution >= 4 is 15.8 Å². The number of carbonyl (C=O) groups excluding carboxylic acids is 1. The Morgan fingerprint density at radius 1 is 1.36 bits per heavy atom. The van der Waals surface area contributed by atoms with Gasteiger partial charge in [-0.3, -0.25) is 4.79 Å². The molecule has 0 aliphatic carbocycles. The zero-order valence-electron chi connectivity index (χ0n) is 9.11. The number of ether oxygens (including phenoxy) is 1. The van der Waals surface area contributed by atoms with Crippen LogP contribution in [0.1, 0.15) is 20.8 Å². The van der Waals surface area contributed by atoms with Gasteiger partial charge in [0.05, 0.1) is 18.3 Å². The fourth-order valence-electron chi connectivity index (χ4n) is 1.11. The molecule has 0 aromatic rings. The molecule has 5 heteroatoms. The number of carbonyl (C=O) groups is 1. The lowest BCUT2D eigenvalue weighted by molar-refractivity contribution is -0.148. The van der Waals surface area contributed by atoms with E-state index in [1.54, 1.807) is 6.92 Å². The maximum atomic E-state index is 11.4. The van der Waals surface area contributed by atoms with E-state index in [0.717, 1.165) is 6.26 Å². The van der Waals surface area contributed by atoms with E-state index in [1.165, 1.54) is 0 Å². The second kappa shape index (κ2) is 5.34. The van der Waals surface area contributed by atoms with Crippen LogP contribution in [0, 0.1) is 11.8 Å². The van der Waals surface area contributed by atoms with Crippen LogP contribution in [0.25, 0.3) is 0 Å². The van der Waals surface area contributed by atoms with Crippen LogP contribution in [-0.4, -0.2) is 33.0 Å². The SMILES string of the molecule is CCOC(=O)C(CS(C)(=O)=O)C(C)C. The highest BCUT2D eigenvalue weighted by molar-refractivity contribution is 7.90. The highest BCUT2D eigenvalue weighted by atomic mass is 32.2. The maximum Gasteiger partial charge on any atom is 0.310 e. The van der Waals surface area contributed by atoms with Crippen molar-refractivity contribution < 1.29 is 17.9 Å². The Bertz CT molecular complexity index is 279. The lowest BCUT2D eigenvalue weighted by atomic mass is 9.98. The minimum absolute atomic E-state index is 0.0243. The van der Waals surface area contributed by atoms with Crippen molar-refractivity contribution in [3.05, 3.63) is 0 Å². The largest absolute Gasteiger partial charge is 0.466 e. The first kappa shape index (κ1) is 13.4. The Labute approximate surface area is 85.6 Å². The lowest BCUT2D eigenvalue weighted by Crippen LogP contribution is -2.29. The minimum Gasteiger partial charge on any atom is -0.466 e. The van der Waals surface area contributed by atoms with E-state index in [2.05, 4.69) is 0 Å². The molecule has 0 fully saturated rings. The molecule has 0 aliphatic rings. The Kier molecular flexibility index (Phi) is 5.12. The summed E-state index contributed by atoms with van der Waals surface area (Å²) in [5, 5.41) is 0. The van der Waals surface area contributed by atoms with Crippen molar-refractivity contribution in [2.45, 2.75) is 20.8 Å². The van der Waals surface area contributed by atoms with Gasteiger partial charge < -0.3 is 4.74 Å². The molecule has 0 aliphatic heterocycles. The third kappa shape index (κ3) is 5.21. The summed E-state index contributed by atoms with van der Waals surface area (Å²) in [6, 6.07) is 0. The predicted molar refractivity (Wildman–Crippen MR) is 54.7 cm³/mol. The molecule has 0 radical (unpaired) electrons. The number of hydrogen-bond donors (Lipinski definition) is 0. The average molecular weight is 222 g/mol. The fraction of sp³-hybridized carbons (Fsp3) is 0.889. The van der Waals surface area contributed by atoms with Gasteiger partial charge in [-0.15, -0.1) is 0 Å². The van der Waals surface area contributed by atoms with Crippen molar-refractivity contribution in [2.75, 3.05) is 18.6 Å². The van der Waals surface area contributed by atoms with E-state index < -0.39 is 21.7 Å². The van der Waals surface area contributed by atoms with Gasteiger partial charge in [-0.2, -0.15) is 0 Å². The number of sulfone groups is 1. The van der Waals surface area contributed by atoms with Crippen LogP contribution in [0.4, 0.5) is 0 Å². The molecule has 0 rings (SSSR count). The molecule has 0 saturated heterocycles. The van der Waals surface area contributed by atoms with Crippen LogP contribution >= 0.6 is 0 Å². The molecule has 0 N–H and O–H groups in total. The predicted octanol–water partition coefficient (Wildman–Crippen LogP) is 0.866. The first-order chi connectivity index (χ1) is 6.28. The average Bonchev–Trinajstić information content (AvgIpc) is 1.98. The van der Waals surface area contributed by atoms with Crippen LogP contribution < -0.4 is 0 Å². The molecule has 84 valence electrons. The standard InChI is InChI=1S/C9H18O4S/c1-5-13-9(10)8(7(2)3)6-14(4,11)12/h7-8H,5-6H2,1-4H3. The Balaban J connectivity index is 4.53. The molecule has 0 amide bonds. The maximum absolute atomic E-state index is 11.4. The summed E-state index contributed by atoms with van der Waals surface area (Å²) in [4.78, 5) is 11.4. The lowest BCUT2D eigenvalue weighted by Gasteiger charge is -2.17. The Morgan fingerprint density at radius 3 is 2.14 bits per heavy atom. The number of rotatable bonds is 5. The number of esters is 1.